The summed E-state index contributed by atoms with van der Waals surface area (Å²) in [6.07, 6.45) is 1.49. The second-order valence-corrected chi connectivity index (χ2v) is 10.4. The summed E-state index contributed by atoms with van der Waals surface area (Å²) < 4.78 is 22.5. The molecule has 1 aliphatic rings. The van der Waals surface area contributed by atoms with Crippen LogP contribution in [0.1, 0.15) is 18.9 Å². The Morgan fingerprint density at radius 2 is 1.60 bits per heavy atom. The highest BCUT2D eigenvalue weighted by molar-refractivity contribution is 7.92. The van der Waals surface area contributed by atoms with Crippen molar-refractivity contribution in [1.82, 2.24) is 10.8 Å². The molecule has 8 heteroatoms. The highest BCUT2D eigenvalue weighted by Gasteiger charge is 2.43. The van der Waals surface area contributed by atoms with E-state index in [1.54, 1.807) is 0 Å². The molecule has 1 amide bonds. The molecular weight excluding hydrogens is 402 g/mol. The topological polar surface area (TPSA) is 98.7 Å². The summed E-state index contributed by atoms with van der Waals surface area (Å²) in [5.41, 5.74) is 5.82. The van der Waals surface area contributed by atoms with E-state index in [1.165, 1.54) is 18.1 Å². The molecule has 3 N–H and O–H groups in total. The lowest BCUT2D eigenvalue weighted by Crippen LogP contribution is -2.49. The van der Waals surface area contributed by atoms with Crippen molar-refractivity contribution in [3.05, 3.63) is 54.1 Å². The van der Waals surface area contributed by atoms with E-state index in [1.807, 2.05) is 24.3 Å². The number of carbonyl (C=O) groups excluding carboxylic acids is 1. The van der Waals surface area contributed by atoms with E-state index >= 15 is 0 Å². The molecule has 0 aliphatic carbocycles. The smallest absolute Gasteiger partial charge is 0.264 e. The van der Waals surface area contributed by atoms with E-state index in [0.717, 1.165) is 49.1 Å². The molecule has 2 aromatic rings. The van der Waals surface area contributed by atoms with Crippen LogP contribution in [-0.2, 0) is 21.1 Å². The molecule has 1 atom stereocenters. The first kappa shape index (κ1) is 22.3. The Kier molecular flexibility index (Phi) is 6.80. The van der Waals surface area contributed by atoms with Crippen LogP contribution in [0, 0.1) is 0 Å². The average molecular weight is 432 g/mol. The highest BCUT2D eigenvalue weighted by Crippen LogP contribution is 2.26. The van der Waals surface area contributed by atoms with Gasteiger partial charge in [-0.2, -0.15) is 0 Å². The molecule has 1 fully saturated rings. The van der Waals surface area contributed by atoms with E-state index in [-0.39, 0.29) is 6.42 Å². The fraction of sp³-hybridized carbons (Fsp3) is 0.409. The fourth-order valence-corrected chi connectivity index (χ4v) is 4.48. The lowest BCUT2D eigenvalue weighted by atomic mass is 9.97. The van der Waals surface area contributed by atoms with Crippen molar-refractivity contribution in [2.75, 3.05) is 37.3 Å². The van der Waals surface area contributed by atoms with Gasteiger partial charge in [0.2, 0.25) is 0 Å². The van der Waals surface area contributed by atoms with Crippen LogP contribution in [0.3, 0.4) is 0 Å². The summed E-state index contributed by atoms with van der Waals surface area (Å²) >= 11 is 0. The fourth-order valence-electron chi connectivity index (χ4n) is 3.62. The number of nitrogens with zero attached hydrogens (tertiary/aromatic N) is 1. The van der Waals surface area contributed by atoms with Crippen LogP contribution in [0.5, 0.6) is 0 Å². The van der Waals surface area contributed by atoms with Crippen molar-refractivity contribution in [2.24, 2.45) is 0 Å². The van der Waals surface area contributed by atoms with Crippen LogP contribution in [-0.4, -0.2) is 56.7 Å². The van der Waals surface area contributed by atoms with E-state index in [0.29, 0.717) is 6.42 Å². The third-order valence-electron chi connectivity index (χ3n) is 5.93. The molecule has 2 aromatic carbocycles. The summed E-state index contributed by atoms with van der Waals surface area (Å²) in [4.78, 5) is 14.3. The monoisotopic (exact) mass is 431 g/mol. The first-order valence-corrected chi connectivity index (χ1v) is 11.9. The molecule has 1 saturated heterocycles. The van der Waals surface area contributed by atoms with Crippen molar-refractivity contribution >= 4 is 21.4 Å². The van der Waals surface area contributed by atoms with Crippen LogP contribution in [0.2, 0.25) is 0 Å². The first-order chi connectivity index (χ1) is 14.2. The number of nitrogens with one attached hydrogen (secondary N) is 2. The molecule has 0 aromatic heterocycles. The number of benzene rings is 2. The minimum Gasteiger partial charge on any atom is -0.369 e. The zero-order valence-corrected chi connectivity index (χ0v) is 18.2. The maximum atomic E-state index is 12.1. The SMILES string of the molecule is CC(CCc1ccc(-c2ccc(N3CCNCC3)cc2)cc1)(C(=O)NO)S(C)(=O)=O. The zero-order chi connectivity index (χ0) is 21.8. The second kappa shape index (κ2) is 9.16. The second-order valence-electron chi connectivity index (χ2n) is 7.92. The summed E-state index contributed by atoms with van der Waals surface area (Å²) in [6, 6.07) is 16.4. The molecule has 30 heavy (non-hydrogen) atoms. The lowest BCUT2D eigenvalue weighted by Gasteiger charge is -2.29. The number of hydrogen-bond acceptors (Lipinski definition) is 6. The number of hydrogen-bond donors (Lipinski definition) is 3. The number of carbonyl (C=O) groups is 1. The van der Waals surface area contributed by atoms with Crippen LogP contribution in [0.25, 0.3) is 11.1 Å². The number of aryl methyl sites for hydroxylation is 1. The Morgan fingerprint density at radius 1 is 1.07 bits per heavy atom. The summed E-state index contributed by atoms with van der Waals surface area (Å²) in [7, 11) is -3.69. The lowest BCUT2D eigenvalue weighted by molar-refractivity contribution is -0.131. The maximum Gasteiger partial charge on any atom is 0.264 e. The van der Waals surface area contributed by atoms with Crippen molar-refractivity contribution in [3.8, 4) is 11.1 Å². The Hall–Kier alpha value is -2.42. The van der Waals surface area contributed by atoms with Gasteiger partial charge < -0.3 is 10.2 Å². The molecule has 0 bridgehead atoms. The van der Waals surface area contributed by atoms with Crippen LogP contribution in [0.15, 0.2) is 48.5 Å². The number of sulfone groups is 1. The molecule has 3 rings (SSSR count). The third-order valence-corrected chi connectivity index (χ3v) is 7.95. The Bertz CT molecular complexity index is 968. The van der Waals surface area contributed by atoms with Gasteiger partial charge in [-0.05, 0) is 48.6 Å². The Morgan fingerprint density at radius 3 is 2.10 bits per heavy atom. The van der Waals surface area contributed by atoms with Gasteiger partial charge in [0.15, 0.2) is 9.84 Å². The zero-order valence-electron chi connectivity index (χ0n) is 17.4. The van der Waals surface area contributed by atoms with Crippen molar-refractivity contribution < 1.29 is 18.4 Å². The van der Waals surface area contributed by atoms with E-state index < -0.39 is 20.5 Å². The predicted molar refractivity (Wildman–Crippen MR) is 118 cm³/mol. The van der Waals surface area contributed by atoms with Gasteiger partial charge in [0.05, 0.1) is 0 Å². The predicted octanol–water partition coefficient (Wildman–Crippen LogP) is 2.00. The Balaban J connectivity index is 1.68. The molecular formula is C22H29N3O4S. The van der Waals surface area contributed by atoms with E-state index in [2.05, 4.69) is 34.5 Å². The number of amides is 1. The largest absolute Gasteiger partial charge is 0.369 e. The molecule has 0 saturated carbocycles. The molecule has 0 spiro atoms. The molecule has 7 nitrogen and oxygen atoms in total. The standard InChI is InChI=1S/C22H29N3O4S/c1-22(21(26)24-27,30(2,28)29)12-11-17-3-5-18(6-4-17)19-7-9-20(10-8-19)25-15-13-23-14-16-25/h3-10,23,27H,11-16H2,1-2H3,(H,24,26). The highest BCUT2D eigenvalue weighted by atomic mass is 32.2. The van der Waals surface area contributed by atoms with Crippen molar-refractivity contribution in [2.45, 2.75) is 24.5 Å². The quantitative estimate of drug-likeness (QED) is 0.458. The number of hydroxylamine groups is 1. The molecule has 1 aliphatic heterocycles. The molecule has 1 heterocycles. The maximum absolute atomic E-state index is 12.1. The third kappa shape index (κ3) is 4.83. The van der Waals surface area contributed by atoms with Gasteiger partial charge in [0.1, 0.15) is 4.75 Å². The summed E-state index contributed by atoms with van der Waals surface area (Å²) in [5.74, 6) is -0.911. The average Bonchev–Trinajstić information content (AvgIpc) is 2.77. The first-order valence-electron chi connectivity index (χ1n) is 10.0. The van der Waals surface area contributed by atoms with Crippen molar-refractivity contribution in [1.29, 1.82) is 0 Å². The van der Waals surface area contributed by atoms with Gasteiger partial charge in [-0.25, -0.2) is 13.9 Å². The van der Waals surface area contributed by atoms with Gasteiger partial charge >= 0.3 is 0 Å². The number of anilines is 1. The molecule has 1 unspecified atom stereocenters. The molecule has 162 valence electrons. The van der Waals surface area contributed by atoms with Gasteiger partial charge in [0, 0.05) is 38.1 Å². The number of rotatable bonds is 7. The van der Waals surface area contributed by atoms with Crippen LogP contribution in [0.4, 0.5) is 5.69 Å². The van der Waals surface area contributed by atoms with Gasteiger partial charge in [-0.15, -0.1) is 0 Å². The number of piperazine rings is 1. The molecule has 0 radical (unpaired) electrons. The van der Waals surface area contributed by atoms with E-state index in [4.69, 9.17) is 5.21 Å². The van der Waals surface area contributed by atoms with E-state index in [9.17, 15) is 13.2 Å². The van der Waals surface area contributed by atoms with Crippen LogP contribution >= 0.6 is 0 Å². The van der Waals surface area contributed by atoms with Gasteiger partial charge in [0.25, 0.3) is 5.91 Å². The van der Waals surface area contributed by atoms with Crippen molar-refractivity contribution in [3.63, 3.8) is 0 Å². The van der Waals surface area contributed by atoms with Gasteiger partial charge in [-0.1, -0.05) is 36.4 Å². The van der Waals surface area contributed by atoms with Gasteiger partial charge in [-0.3, -0.25) is 10.0 Å². The summed E-state index contributed by atoms with van der Waals surface area (Å²) in [6.45, 7) is 5.36. The minimum absolute atomic E-state index is 0.0803. The normalized spacial score (nSPS) is 16.7. The Labute approximate surface area is 178 Å². The minimum atomic E-state index is -3.69. The summed E-state index contributed by atoms with van der Waals surface area (Å²) in [5, 5.41) is 12.3. The van der Waals surface area contributed by atoms with Crippen LogP contribution < -0.4 is 15.7 Å².